The summed E-state index contributed by atoms with van der Waals surface area (Å²) in [4.78, 5) is 27.2. The number of aromatic nitrogens is 1. The maximum absolute atomic E-state index is 13.1. The molecular weight excluding hydrogens is 382 g/mol. The molecule has 2 heterocycles. The van der Waals surface area contributed by atoms with Crippen molar-refractivity contribution in [3.63, 3.8) is 0 Å². The van der Waals surface area contributed by atoms with Crippen LogP contribution in [0.2, 0.25) is 0 Å². The van der Waals surface area contributed by atoms with Gasteiger partial charge in [-0.25, -0.2) is 0 Å². The van der Waals surface area contributed by atoms with Gasteiger partial charge in [-0.15, -0.1) is 0 Å². The zero-order valence-electron chi connectivity index (χ0n) is 16.6. The van der Waals surface area contributed by atoms with Crippen LogP contribution in [0.5, 0.6) is 0 Å². The molecule has 0 spiro atoms. The van der Waals surface area contributed by atoms with Crippen LogP contribution in [0.15, 0.2) is 47.7 Å². The molecule has 2 aliphatic rings. The van der Waals surface area contributed by atoms with Gasteiger partial charge < -0.3 is 4.57 Å². The average Bonchev–Trinajstić information content (AvgIpc) is 3.09. The van der Waals surface area contributed by atoms with Crippen molar-refractivity contribution < 1.29 is 9.59 Å². The van der Waals surface area contributed by atoms with Gasteiger partial charge in [-0.3, -0.25) is 19.8 Å². The molecule has 1 fully saturated rings. The first-order valence-electron chi connectivity index (χ1n) is 10.2. The Morgan fingerprint density at radius 3 is 2.79 bits per heavy atom. The number of nitrogens with zero attached hydrogens (tertiary/aromatic N) is 2. The van der Waals surface area contributed by atoms with Gasteiger partial charge in [0, 0.05) is 35.8 Å². The summed E-state index contributed by atoms with van der Waals surface area (Å²) in [7, 11) is 0. The Bertz CT molecular complexity index is 1050. The van der Waals surface area contributed by atoms with E-state index in [4.69, 9.17) is 12.2 Å². The third-order valence-electron chi connectivity index (χ3n) is 5.69. The summed E-state index contributed by atoms with van der Waals surface area (Å²) < 4.78 is 2.12. The lowest BCUT2D eigenvalue weighted by Gasteiger charge is -2.29. The van der Waals surface area contributed by atoms with Gasteiger partial charge in [0.15, 0.2) is 5.11 Å². The summed E-state index contributed by atoms with van der Waals surface area (Å²) in [6.45, 7) is 3.38. The van der Waals surface area contributed by atoms with Crippen molar-refractivity contribution in [3.05, 3.63) is 53.2 Å². The predicted octanol–water partition coefficient (Wildman–Crippen LogP) is 4.18. The fraction of sp³-hybridized carbons (Fsp3) is 0.348. The Hall–Kier alpha value is -2.73. The highest BCUT2D eigenvalue weighted by Gasteiger charge is 2.33. The number of hydrogen-bond donors (Lipinski definition) is 1. The molecule has 0 radical (unpaired) electrons. The minimum absolute atomic E-state index is 0.134. The number of para-hydroxylation sites is 1. The first-order valence-corrected chi connectivity index (χ1v) is 10.6. The van der Waals surface area contributed by atoms with E-state index in [1.54, 1.807) is 6.08 Å². The lowest BCUT2D eigenvalue weighted by Crippen LogP contribution is -2.54. The molecule has 0 unspecified atom stereocenters. The Kier molecular flexibility index (Phi) is 5.62. The summed E-state index contributed by atoms with van der Waals surface area (Å²) in [5.41, 5.74) is 3.46. The van der Waals surface area contributed by atoms with E-state index in [1.807, 2.05) is 30.5 Å². The molecule has 150 valence electrons. The molecule has 1 aromatic carbocycles. The van der Waals surface area contributed by atoms with Crippen molar-refractivity contribution in [2.24, 2.45) is 0 Å². The van der Waals surface area contributed by atoms with E-state index >= 15 is 0 Å². The van der Waals surface area contributed by atoms with E-state index in [0.29, 0.717) is 6.54 Å². The van der Waals surface area contributed by atoms with Crippen LogP contribution in [-0.4, -0.2) is 32.9 Å². The number of fused-ring (bicyclic) bond motifs is 1. The zero-order chi connectivity index (χ0) is 20.4. The zero-order valence-corrected chi connectivity index (χ0v) is 17.4. The number of aryl methyl sites for hydroxylation is 1. The molecule has 0 bridgehead atoms. The number of benzene rings is 1. The van der Waals surface area contributed by atoms with Gasteiger partial charge in [0.2, 0.25) is 0 Å². The normalized spacial score (nSPS) is 19.1. The molecule has 1 N–H and O–H groups in total. The molecule has 2 aromatic rings. The summed E-state index contributed by atoms with van der Waals surface area (Å²) >= 11 is 5.29. The van der Waals surface area contributed by atoms with Gasteiger partial charge >= 0.3 is 0 Å². The molecule has 1 aliphatic carbocycles. The maximum atomic E-state index is 13.1. The first-order chi connectivity index (χ1) is 14.1. The summed E-state index contributed by atoms with van der Waals surface area (Å²) in [5.74, 6) is -0.745. The predicted molar refractivity (Wildman–Crippen MR) is 119 cm³/mol. The Labute approximate surface area is 176 Å². The molecule has 29 heavy (non-hydrogen) atoms. The molecule has 4 rings (SSSR count). The fourth-order valence-electron chi connectivity index (χ4n) is 4.09. The smallest absolute Gasteiger partial charge is 0.265 e. The number of allylic oxidation sites excluding steroid dienone is 1. The van der Waals surface area contributed by atoms with Crippen LogP contribution in [0.1, 0.15) is 44.6 Å². The van der Waals surface area contributed by atoms with Crippen molar-refractivity contribution in [3.8, 4) is 0 Å². The molecule has 0 saturated carbocycles. The van der Waals surface area contributed by atoms with Gasteiger partial charge in [-0.05, 0) is 63.4 Å². The van der Waals surface area contributed by atoms with Gasteiger partial charge in [-0.1, -0.05) is 29.8 Å². The summed E-state index contributed by atoms with van der Waals surface area (Å²) in [6.07, 6.45) is 11.4. The van der Waals surface area contributed by atoms with Crippen molar-refractivity contribution in [2.75, 3.05) is 6.54 Å². The first kappa shape index (κ1) is 19.6. The largest absolute Gasteiger partial charge is 0.347 e. The number of hydrogen-bond acceptors (Lipinski definition) is 3. The molecule has 2 amide bonds. The fourth-order valence-corrected chi connectivity index (χ4v) is 4.36. The highest BCUT2D eigenvalue weighted by molar-refractivity contribution is 7.80. The van der Waals surface area contributed by atoms with E-state index in [9.17, 15) is 9.59 Å². The highest BCUT2D eigenvalue weighted by Crippen LogP contribution is 2.26. The second-order valence-corrected chi connectivity index (χ2v) is 7.91. The van der Waals surface area contributed by atoms with E-state index in [0.717, 1.165) is 42.3 Å². The molecule has 1 saturated heterocycles. The standard InChI is InChI=1S/C23H25N3O2S/c1-2-25-15-17(18-10-6-7-11-20(18)25)14-19-21(27)24-23(29)26(22(19)28)13-12-16-8-4-3-5-9-16/h6-8,10-11,14-15H,2-5,9,12-13H2,1H3,(H,24,27,29)/b19-14+. The van der Waals surface area contributed by atoms with Gasteiger partial charge in [-0.2, -0.15) is 0 Å². The van der Waals surface area contributed by atoms with Crippen LogP contribution in [0, 0.1) is 0 Å². The van der Waals surface area contributed by atoms with E-state index < -0.39 is 5.91 Å². The summed E-state index contributed by atoms with van der Waals surface area (Å²) in [5, 5.41) is 3.91. The number of amides is 2. The van der Waals surface area contributed by atoms with Crippen LogP contribution < -0.4 is 5.32 Å². The minimum atomic E-state index is -0.429. The lowest BCUT2D eigenvalue weighted by atomic mass is 9.97. The summed E-state index contributed by atoms with van der Waals surface area (Å²) in [6, 6.07) is 8.01. The highest BCUT2D eigenvalue weighted by atomic mass is 32.1. The van der Waals surface area contributed by atoms with Crippen molar-refractivity contribution in [2.45, 2.75) is 45.6 Å². The third-order valence-corrected chi connectivity index (χ3v) is 6.01. The van der Waals surface area contributed by atoms with Gasteiger partial charge in [0.25, 0.3) is 11.8 Å². The number of carbonyl (C=O) groups is 2. The van der Waals surface area contributed by atoms with Gasteiger partial charge in [0.1, 0.15) is 5.57 Å². The van der Waals surface area contributed by atoms with E-state index in [2.05, 4.69) is 22.9 Å². The average molecular weight is 408 g/mol. The van der Waals surface area contributed by atoms with E-state index in [1.165, 1.54) is 23.3 Å². The SMILES string of the molecule is CCn1cc(/C=C2\C(=O)NC(=S)N(CCC3=CCCCC3)C2=O)c2ccccc21. The van der Waals surface area contributed by atoms with Crippen LogP contribution in [-0.2, 0) is 16.1 Å². The molecule has 1 aliphatic heterocycles. The van der Waals surface area contributed by atoms with Gasteiger partial charge in [0.05, 0.1) is 0 Å². The molecule has 5 nitrogen and oxygen atoms in total. The lowest BCUT2D eigenvalue weighted by molar-refractivity contribution is -0.128. The van der Waals surface area contributed by atoms with E-state index in [-0.39, 0.29) is 16.6 Å². The minimum Gasteiger partial charge on any atom is -0.347 e. The number of nitrogens with one attached hydrogen (secondary N) is 1. The molecule has 1 aromatic heterocycles. The Morgan fingerprint density at radius 2 is 2.03 bits per heavy atom. The molecule has 0 atom stereocenters. The molecule has 6 heteroatoms. The second-order valence-electron chi connectivity index (χ2n) is 7.52. The Morgan fingerprint density at radius 1 is 1.21 bits per heavy atom. The quantitative estimate of drug-likeness (QED) is 0.350. The van der Waals surface area contributed by atoms with Crippen molar-refractivity contribution >= 4 is 46.1 Å². The number of thiocarbonyl (C=S) groups is 1. The Balaban J connectivity index is 1.62. The molecular formula is C23H25N3O2S. The third kappa shape index (κ3) is 3.90. The second kappa shape index (κ2) is 8.33. The van der Waals surface area contributed by atoms with Crippen LogP contribution in [0.25, 0.3) is 17.0 Å². The monoisotopic (exact) mass is 407 g/mol. The van der Waals surface area contributed by atoms with Crippen molar-refractivity contribution in [1.82, 2.24) is 14.8 Å². The topological polar surface area (TPSA) is 54.3 Å². The van der Waals surface area contributed by atoms with Crippen molar-refractivity contribution in [1.29, 1.82) is 0 Å². The number of rotatable bonds is 5. The maximum Gasteiger partial charge on any atom is 0.265 e. The van der Waals surface area contributed by atoms with Crippen LogP contribution in [0.3, 0.4) is 0 Å². The van der Waals surface area contributed by atoms with Crippen LogP contribution in [0.4, 0.5) is 0 Å². The van der Waals surface area contributed by atoms with Crippen LogP contribution >= 0.6 is 12.2 Å². The number of carbonyl (C=O) groups excluding carboxylic acids is 2.